The third kappa shape index (κ3) is 3.94. The zero-order valence-electron chi connectivity index (χ0n) is 14.6. The molecule has 2 heterocycles. The maximum absolute atomic E-state index is 13.0. The molecule has 1 aromatic heterocycles. The van der Waals surface area contributed by atoms with Crippen LogP contribution in [0.3, 0.4) is 0 Å². The summed E-state index contributed by atoms with van der Waals surface area (Å²) in [5.41, 5.74) is 1.34. The van der Waals surface area contributed by atoms with Gasteiger partial charge in [0.2, 0.25) is 10.0 Å². The molecule has 0 N–H and O–H groups in total. The van der Waals surface area contributed by atoms with Crippen LogP contribution >= 0.6 is 0 Å². The summed E-state index contributed by atoms with van der Waals surface area (Å²) in [4.78, 5) is 4.37. The predicted molar refractivity (Wildman–Crippen MR) is 101 cm³/mol. The van der Waals surface area contributed by atoms with Crippen LogP contribution in [-0.4, -0.2) is 36.9 Å². The van der Waals surface area contributed by atoms with Crippen molar-refractivity contribution in [2.24, 2.45) is 0 Å². The Balaban J connectivity index is 1.45. The van der Waals surface area contributed by atoms with Crippen LogP contribution in [0.1, 0.15) is 12.0 Å². The van der Waals surface area contributed by atoms with Gasteiger partial charge in [-0.1, -0.05) is 30.3 Å². The topological polar surface area (TPSA) is 59.5 Å². The van der Waals surface area contributed by atoms with Gasteiger partial charge in [-0.3, -0.25) is 4.98 Å². The number of benzene rings is 2. The molecule has 0 spiro atoms. The first kappa shape index (κ1) is 17.9. The molecule has 5 nitrogen and oxygen atoms in total. The summed E-state index contributed by atoms with van der Waals surface area (Å²) in [7, 11) is -3.48. The summed E-state index contributed by atoms with van der Waals surface area (Å²) < 4.78 is 45.8. The molecule has 140 valence electrons. The fourth-order valence-corrected chi connectivity index (χ4v) is 4.85. The van der Waals surface area contributed by atoms with Gasteiger partial charge >= 0.3 is 0 Å². The van der Waals surface area contributed by atoms with E-state index in [1.54, 1.807) is 6.20 Å². The van der Waals surface area contributed by atoms with Gasteiger partial charge in [0.1, 0.15) is 23.2 Å². The van der Waals surface area contributed by atoms with E-state index in [1.165, 1.54) is 28.6 Å². The molecule has 1 unspecified atom stereocenters. The van der Waals surface area contributed by atoms with Gasteiger partial charge in [-0.05, 0) is 36.2 Å². The lowest BCUT2D eigenvalue weighted by atomic mass is 10.2. The van der Waals surface area contributed by atoms with Gasteiger partial charge in [0.15, 0.2) is 0 Å². The largest absolute Gasteiger partial charge is 0.487 e. The number of hydrogen-bond acceptors (Lipinski definition) is 4. The van der Waals surface area contributed by atoms with Crippen molar-refractivity contribution >= 4 is 20.9 Å². The molecule has 4 rings (SSSR count). The Morgan fingerprint density at radius 1 is 1.11 bits per heavy atom. The predicted octanol–water partition coefficient (Wildman–Crippen LogP) is 3.36. The number of fused-ring (bicyclic) bond motifs is 1. The van der Waals surface area contributed by atoms with Gasteiger partial charge < -0.3 is 4.74 Å². The summed E-state index contributed by atoms with van der Waals surface area (Å²) in [6, 6.07) is 15.1. The highest BCUT2D eigenvalue weighted by Crippen LogP contribution is 2.27. The molecule has 7 heteroatoms. The van der Waals surface area contributed by atoms with E-state index in [1.807, 2.05) is 30.3 Å². The average molecular weight is 386 g/mol. The molecule has 0 saturated carbocycles. The van der Waals surface area contributed by atoms with Gasteiger partial charge in [-0.25, -0.2) is 12.8 Å². The van der Waals surface area contributed by atoms with E-state index >= 15 is 0 Å². The highest BCUT2D eigenvalue weighted by Gasteiger charge is 2.32. The molecule has 0 aliphatic carbocycles. The van der Waals surface area contributed by atoms with E-state index in [-0.39, 0.29) is 17.7 Å². The van der Waals surface area contributed by atoms with Crippen LogP contribution in [0.2, 0.25) is 0 Å². The van der Waals surface area contributed by atoms with Crippen molar-refractivity contribution in [3.8, 4) is 5.75 Å². The monoisotopic (exact) mass is 386 g/mol. The molecule has 1 saturated heterocycles. The Bertz CT molecular complexity index is 1050. The molecule has 3 aromatic rings. The van der Waals surface area contributed by atoms with E-state index in [0.29, 0.717) is 30.8 Å². The highest BCUT2D eigenvalue weighted by molar-refractivity contribution is 7.88. The lowest BCUT2D eigenvalue weighted by Gasteiger charge is -2.18. The normalized spacial score (nSPS) is 18.0. The first-order valence-corrected chi connectivity index (χ1v) is 10.3. The average Bonchev–Trinajstić information content (AvgIpc) is 3.13. The summed E-state index contributed by atoms with van der Waals surface area (Å²) in [5.74, 6) is 0.140. The third-order valence-electron chi connectivity index (χ3n) is 4.65. The number of nitrogens with zero attached hydrogens (tertiary/aromatic N) is 2. The van der Waals surface area contributed by atoms with Crippen LogP contribution in [-0.2, 0) is 15.8 Å². The number of rotatable bonds is 5. The van der Waals surface area contributed by atoms with Crippen LogP contribution in [0, 0.1) is 5.82 Å². The van der Waals surface area contributed by atoms with Gasteiger partial charge in [0.05, 0.1) is 12.3 Å². The standard InChI is InChI=1S/C20H19FN2O3S/c21-17-8-6-15(7-9-17)14-27(24,25)23-12-10-18(13-23)26-19-5-1-3-16-4-2-11-22-20(16)19/h1-9,11,18H,10,12-14H2. The molecule has 1 fully saturated rings. The minimum Gasteiger partial charge on any atom is -0.487 e. The number of aromatic nitrogens is 1. The van der Waals surface area contributed by atoms with Crippen molar-refractivity contribution in [1.82, 2.24) is 9.29 Å². The summed E-state index contributed by atoms with van der Waals surface area (Å²) in [5, 5.41) is 0.980. The summed E-state index contributed by atoms with van der Waals surface area (Å²) in [6.07, 6.45) is 2.11. The quantitative estimate of drug-likeness (QED) is 0.675. The second kappa shape index (κ2) is 7.25. The Morgan fingerprint density at radius 2 is 1.89 bits per heavy atom. The first-order valence-electron chi connectivity index (χ1n) is 8.74. The maximum atomic E-state index is 13.0. The molecular weight excluding hydrogens is 367 g/mol. The molecule has 27 heavy (non-hydrogen) atoms. The van der Waals surface area contributed by atoms with Crippen molar-refractivity contribution in [1.29, 1.82) is 0 Å². The Labute approximate surface area is 157 Å². The zero-order chi connectivity index (χ0) is 18.9. The number of para-hydroxylation sites is 1. The van der Waals surface area contributed by atoms with Crippen LogP contribution in [0.5, 0.6) is 5.75 Å². The number of hydrogen-bond donors (Lipinski definition) is 0. The van der Waals surface area contributed by atoms with E-state index in [4.69, 9.17) is 4.74 Å². The molecule has 1 aliphatic heterocycles. The van der Waals surface area contributed by atoms with Gasteiger partial charge in [-0.15, -0.1) is 0 Å². The minimum absolute atomic E-state index is 0.143. The Hall–Kier alpha value is -2.51. The van der Waals surface area contributed by atoms with Gasteiger partial charge in [0.25, 0.3) is 0 Å². The third-order valence-corrected chi connectivity index (χ3v) is 6.47. The van der Waals surface area contributed by atoms with Crippen LogP contribution < -0.4 is 4.74 Å². The van der Waals surface area contributed by atoms with E-state index < -0.39 is 10.0 Å². The van der Waals surface area contributed by atoms with Gasteiger partial charge in [-0.2, -0.15) is 4.31 Å². The van der Waals surface area contributed by atoms with Crippen molar-refractivity contribution in [3.63, 3.8) is 0 Å². The second-order valence-corrected chi connectivity index (χ2v) is 8.57. The van der Waals surface area contributed by atoms with E-state index in [0.717, 1.165) is 10.9 Å². The van der Waals surface area contributed by atoms with E-state index in [2.05, 4.69) is 4.98 Å². The van der Waals surface area contributed by atoms with Gasteiger partial charge in [0, 0.05) is 18.1 Å². The maximum Gasteiger partial charge on any atom is 0.218 e. The summed E-state index contributed by atoms with van der Waals surface area (Å²) >= 11 is 0. The van der Waals surface area contributed by atoms with Crippen LogP contribution in [0.4, 0.5) is 4.39 Å². The molecule has 0 bridgehead atoms. The van der Waals surface area contributed by atoms with E-state index in [9.17, 15) is 12.8 Å². The Morgan fingerprint density at radius 3 is 2.70 bits per heavy atom. The van der Waals surface area contributed by atoms with Crippen LogP contribution in [0.25, 0.3) is 10.9 Å². The first-order chi connectivity index (χ1) is 13.0. The SMILES string of the molecule is O=S(=O)(Cc1ccc(F)cc1)N1CCC(Oc2cccc3cccnc23)C1. The lowest BCUT2D eigenvalue weighted by molar-refractivity contribution is 0.218. The molecule has 0 amide bonds. The highest BCUT2D eigenvalue weighted by atomic mass is 32.2. The lowest BCUT2D eigenvalue weighted by Crippen LogP contribution is -2.32. The molecule has 0 radical (unpaired) electrons. The molecule has 2 aromatic carbocycles. The Kier molecular flexibility index (Phi) is 4.80. The second-order valence-electron chi connectivity index (χ2n) is 6.60. The number of pyridine rings is 1. The van der Waals surface area contributed by atoms with Crippen LogP contribution in [0.15, 0.2) is 60.8 Å². The smallest absolute Gasteiger partial charge is 0.218 e. The molecule has 1 atom stereocenters. The fourth-order valence-electron chi connectivity index (χ4n) is 3.28. The minimum atomic E-state index is -3.48. The summed E-state index contributed by atoms with van der Waals surface area (Å²) in [6.45, 7) is 0.707. The van der Waals surface area contributed by atoms with Crippen molar-refractivity contribution in [2.45, 2.75) is 18.3 Å². The number of ether oxygens (including phenoxy) is 1. The number of halogens is 1. The molecule has 1 aliphatic rings. The number of sulfonamides is 1. The zero-order valence-corrected chi connectivity index (χ0v) is 15.4. The molecular formula is C20H19FN2O3S. The fraction of sp³-hybridized carbons (Fsp3) is 0.250. The van der Waals surface area contributed by atoms with Crippen molar-refractivity contribution in [2.75, 3.05) is 13.1 Å². The van der Waals surface area contributed by atoms with Crippen molar-refractivity contribution in [3.05, 3.63) is 72.2 Å². The van der Waals surface area contributed by atoms with Crippen molar-refractivity contribution < 1.29 is 17.5 Å².